The molecular weight excluding hydrogens is 1540 g/mol. The maximum absolute atomic E-state index is 12.8. The number of methoxy groups -OCH3 is 6. The Morgan fingerprint density at radius 2 is 0.800 bits per heavy atom. The number of rotatable bonds is 18. The Morgan fingerprint density at radius 1 is 0.473 bits per heavy atom. The van der Waals surface area contributed by atoms with Crippen molar-refractivity contribution in [3.63, 3.8) is 0 Å². The van der Waals surface area contributed by atoms with E-state index in [1.54, 1.807) is 21.3 Å². The number of aliphatic hydroxyl groups is 1. The SMILES string of the molecule is C.C.C.C.CCc1nn2c(c1-c1c(Cl)ccc3c1c(C)c(C(=O)OC)n3CCC(=O)OC)CCCC2.CCc1nn2c(c1B1OC(C)(C)C(C)(C)O1)CCCC2.COC(=O)CCn1c(C(=O)OC)c(C)c2c(-c3c(CO)nn4c3CCCC4)c(Cl)ccc21.COC(=O)CCn1c(C(=O)OC)c(C)c2c(Br)c(Cl)ccc21. The standard InChI is InChI=1S/C24H28ClN3O4.C23H26ClN3O5.C15H25BN2O2.C15H15BrClNO4.4CH4/c1-5-16-22(18-8-6-7-12-28(18)26-16)21-15(25)9-10-17-20(21)14(2)23(24(30)32-4)27(17)13-11-19(29)31-3;1-13-19-16(26(11-9-18(29)31-2)22(13)23(30)32-3)8-7-14(24)20(19)21-15(12-28)25-27-10-5-4-6-17(21)27;1-6-11-13(12-9-7-8-10-18(12)17-11)16-19-14(2,3)15(4,5)20-16;1-8-12-10(5-4-9(17)13(12)16)18(7-6-11(19)21-2)14(8)15(20)22-3;;;;/h9-10H,5-8,11-13H2,1-4H3;7-8,28H,4-6,9-12H2,1-3H3;6-10H2,1-5H3;4-5H,6-7H2,1-3H3;4*1H4. The summed E-state index contributed by atoms with van der Waals surface area (Å²) in [4.78, 5) is 72.7. The second-order valence-corrected chi connectivity index (χ2v) is 29.6. The molecule has 0 atom stereocenters. The Labute approximate surface area is 670 Å². The van der Waals surface area contributed by atoms with Crippen LogP contribution in [0.3, 0.4) is 0 Å². The van der Waals surface area contributed by atoms with Crippen LogP contribution in [-0.2, 0) is 130 Å². The first kappa shape index (κ1) is 90.9. The Bertz CT molecular complexity index is 4660. The third-order valence-corrected chi connectivity index (χ3v) is 23.0. The fourth-order valence-electron chi connectivity index (χ4n) is 15.1. The van der Waals surface area contributed by atoms with Gasteiger partial charge in [0.15, 0.2) is 0 Å². The predicted molar refractivity (Wildman–Crippen MR) is 437 cm³/mol. The number of hydrogen-bond acceptors (Lipinski definition) is 18. The summed E-state index contributed by atoms with van der Waals surface area (Å²) < 4.78 is 54.1. The van der Waals surface area contributed by atoms with Gasteiger partial charge in [0.25, 0.3) is 0 Å². The number of carbonyl (C=O) groups is 6. The molecule has 1 fully saturated rings. The van der Waals surface area contributed by atoms with E-state index in [4.69, 9.17) is 78.0 Å². The molecular formula is C81H110BBrCl3N9O15. The van der Waals surface area contributed by atoms with Crippen LogP contribution in [0.15, 0.2) is 40.9 Å². The second-order valence-electron chi connectivity index (χ2n) is 27.6. The molecule has 0 radical (unpaired) electrons. The molecule has 0 spiro atoms. The van der Waals surface area contributed by atoms with Gasteiger partial charge in [-0.25, -0.2) is 14.4 Å². The number of aliphatic hydroxyl groups excluding tert-OH is 1. The first-order chi connectivity index (χ1) is 50.6. The lowest BCUT2D eigenvalue weighted by Gasteiger charge is -2.32. The van der Waals surface area contributed by atoms with Crippen molar-refractivity contribution in [1.82, 2.24) is 43.0 Å². The van der Waals surface area contributed by atoms with Gasteiger partial charge in [-0.15, -0.1) is 0 Å². The molecule has 9 aromatic rings. The van der Waals surface area contributed by atoms with Gasteiger partial charge < -0.3 is 56.5 Å². The molecule has 0 aliphatic carbocycles. The summed E-state index contributed by atoms with van der Waals surface area (Å²) >= 11 is 23.2. The molecule has 1 N–H and O–H groups in total. The van der Waals surface area contributed by atoms with Gasteiger partial charge in [0, 0.05) is 126 Å². The number of aryl methyl sites for hydroxylation is 11. The van der Waals surface area contributed by atoms with Crippen molar-refractivity contribution in [2.24, 2.45) is 0 Å². The van der Waals surface area contributed by atoms with Crippen LogP contribution in [0.2, 0.25) is 15.1 Å². The fraction of sp³-hybridized carbons (Fsp3) is 0.519. The Morgan fingerprint density at radius 3 is 1.16 bits per heavy atom. The van der Waals surface area contributed by atoms with Gasteiger partial charge in [-0.2, -0.15) is 15.3 Å². The quantitative estimate of drug-likeness (QED) is 0.0475. The molecule has 0 unspecified atom stereocenters. The van der Waals surface area contributed by atoms with E-state index in [9.17, 15) is 33.9 Å². The first-order valence-electron chi connectivity index (χ1n) is 35.9. The number of carbonyl (C=O) groups excluding carboxylic acids is 6. The van der Waals surface area contributed by atoms with Gasteiger partial charge in [-0.1, -0.05) is 78.4 Å². The molecule has 0 saturated carbocycles. The van der Waals surface area contributed by atoms with Gasteiger partial charge in [0.1, 0.15) is 17.1 Å². The number of aromatic nitrogens is 9. The van der Waals surface area contributed by atoms with Gasteiger partial charge in [0.05, 0.1) is 107 Å². The van der Waals surface area contributed by atoms with E-state index < -0.39 is 17.9 Å². The maximum Gasteiger partial charge on any atom is 0.498 e. The van der Waals surface area contributed by atoms with Crippen molar-refractivity contribution in [2.75, 3.05) is 42.7 Å². The lowest BCUT2D eigenvalue weighted by atomic mass is 9.75. The van der Waals surface area contributed by atoms with Crippen LogP contribution in [0.5, 0.6) is 0 Å². The smallest absolute Gasteiger partial charge is 0.469 e. The minimum atomic E-state index is -0.495. The first-order valence-corrected chi connectivity index (χ1v) is 37.8. The molecule has 24 nitrogen and oxygen atoms in total. The van der Waals surface area contributed by atoms with Crippen molar-refractivity contribution in [2.45, 2.75) is 239 Å². The summed E-state index contributed by atoms with van der Waals surface area (Å²) in [6, 6.07) is 10.9. The summed E-state index contributed by atoms with van der Waals surface area (Å²) in [5.74, 6) is -2.45. The molecule has 29 heteroatoms. The summed E-state index contributed by atoms with van der Waals surface area (Å²) in [7, 11) is 7.77. The normalized spacial score (nSPS) is 14.2. The molecule has 13 rings (SSSR count). The highest BCUT2D eigenvalue weighted by Gasteiger charge is 2.53. The lowest BCUT2D eigenvalue weighted by molar-refractivity contribution is -0.141. The molecule has 10 heterocycles. The average molecular weight is 1650 g/mol. The monoisotopic (exact) mass is 1640 g/mol. The summed E-state index contributed by atoms with van der Waals surface area (Å²) in [6.45, 7) is 21.6. The number of halogens is 4. The van der Waals surface area contributed by atoms with Crippen LogP contribution in [0.1, 0.15) is 211 Å². The number of hydrogen-bond donors (Lipinski definition) is 1. The highest BCUT2D eigenvalue weighted by atomic mass is 79.9. The molecule has 4 aliphatic rings. The van der Waals surface area contributed by atoms with Gasteiger partial charge in [-0.05, 0) is 188 Å². The van der Waals surface area contributed by atoms with E-state index in [0.717, 1.165) is 161 Å². The van der Waals surface area contributed by atoms with Crippen LogP contribution < -0.4 is 5.46 Å². The molecule has 0 bridgehead atoms. The highest BCUT2D eigenvalue weighted by Crippen LogP contribution is 2.47. The van der Waals surface area contributed by atoms with Crippen molar-refractivity contribution in [3.05, 3.63) is 124 Å². The molecule has 6 aromatic heterocycles. The largest absolute Gasteiger partial charge is 0.498 e. The average Bonchev–Trinajstić information content (AvgIpc) is 1.58. The van der Waals surface area contributed by atoms with Crippen molar-refractivity contribution in [1.29, 1.82) is 0 Å². The van der Waals surface area contributed by atoms with Gasteiger partial charge in [0.2, 0.25) is 0 Å². The molecule has 0 amide bonds. The van der Waals surface area contributed by atoms with Crippen LogP contribution in [0.4, 0.5) is 0 Å². The molecule has 4 aliphatic heterocycles. The number of esters is 6. The van der Waals surface area contributed by atoms with Crippen LogP contribution in [0.25, 0.3) is 55.0 Å². The van der Waals surface area contributed by atoms with Crippen LogP contribution in [0, 0.1) is 20.8 Å². The van der Waals surface area contributed by atoms with Crippen molar-refractivity contribution < 1.29 is 71.6 Å². The third-order valence-electron chi connectivity index (χ3n) is 21.0. The van der Waals surface area contributed by atoms with E-state index >= 15 is 0 Å². The molecule has 1 saturated heterocycles. The van der Waals surface area contributed by atoms with E-state index in [1.807, 2.05) is 54.3 Å². The molecule has 110 heavy (non-hydrogen) atoms. The Hall–Kier alpha value is -7.98. The van der Waals surface area contributed by atoms with E-state index in [1.165, 1.54) is 72.4 Å². The fourth-order valence-corrected chi connectivity index (χ4v) is 16.3. The van der Waals surface area contributed by atoms with E-state index in [0.29, 0.717) is 61.0 Å². The Balaban J connectivity index is 0.000000231. The van der Waals surface area contributed by atoms with Gasteiger partial charge in [-0.3, -0.25) is 28.4 Å². The number of ether oxygens (including phenoxy) is 6. The number of benzene rings is 3. The minimum absolute atomic E-state index is 0. The van der Waals surface area contributed by atoms with E-state index in [-0.39, 0.29) is 98.3 Å². The highest BCUT2D eigenvalue weighted by molar-refractivity contribution is 9.10. The maximum atomic E-state index is 12.8. The van der Waals surface area contributed by atoms with Crippen LogP contribution in [-0.4, -0.2) is 145 Å². The molecule has 600 valence electrons. The minimum Gasteiger partial charge on any atom is -0.469 e. The van der Waals surface area contributed by atoms with Gasteiger partial charge >= 0.3 is 42.9 Å². The zero-order valence-corrected chi connectivity index (χ0v) is 66.9. The number of fused-ring (bicyclic) bond motifs is 6. The lowest BCUT2D eigenvalue weighted by Crippen LogP contribution is -2.41. The summed E-state index contributed by atoms with van der Waals surface area (Å²) in [5.41, 5.74) is 16.3. The zero-order chi connectivity index (χ0) is 77.0. The Kier molecular flexibility index (Phi) is 31.8. The molecule has 3 aromatic carbocycles. The number of nitrogens with zero attached hydrogens (tertiary/aromatic N) is 9. The van der Waals surface area contributed by atoms with Crippen molar-refractivity contribution >= 4 is 132 Å². The van der Waals surface area contributed by atoms with E-state index in [2.05, 4.69) is 76.7 Å². The second kappa shape index (κ2) is 38.5. The third kappa shape index (κ3) is 17.6. The predicted octanol–water partition coefficient (Wildman–Crippen LogP) is 16.7. The van der Waals surface area contributed by atoms with Crippen LogP contribution >= 0.6 is 50.7 Å². The summed E-state index contributed by atoms with van der Waals surface area (Å²) in [5, 5.41) is 28.5. The summed E-state index contributed by atoms with van der Waals surface area (Å²) in [6.07, 6.45) is 11.7. The topological polar surface area (TPSA) is 265 Å². The van der Waals surface area contributed by atoms with Crippen molar-refractivity contribution in [3.8, 4) is 22.3 Å². The zero-order valence-electron chi connectivity index (χ0n) is 63.1.